The van der Waals surface area contributed by atoms with Crippen LogP contribution in [0.5, 0.6) is 0 Å². The molecular weight excluding hydrogens is 236 g/mol. The number of hydrogen-bond donors (Lipinski definition) is 0. The largest absolute Gasteiger partial charge is 0.297 e. The van der Waals surface area contributed by atoms with E-state index >= 15 is 0 Å². The lowest BCUT2D eigenvalue weighted by atomic mass is 10.1. The third-order valence-electron chi connectivity index (χ3n) is 2.73. The van der Waals surface area contributed by atoms with Crippen molar-refractivity contribution in [3.63, 3.8) is 0 Å². The molecule has 3 nitrogen and oxygen atoms in total. The maximum Gasteiger partial charge on any atom is 0.297 e. The van der Waals surface area contributed by atoms with Crippen molar-refractivity contribution >= 4 is 33.4 Å². The van der Waals surface area contributed by atoms with Gasteiger partial charge in [0.05, 0.1) is 10.5 Å². The second-order valence-corrected chi connectivity index (χ2v) is 4.17. The zero-order valence-electron chi connectivity index (χ0n) is 9.22. The number of rotatable bonds is 1. The van der Waals surface area contributed by atoms with Crippen LogP contribution in [0, 0.1) is 0 Å². The minimum absolute atomic E-state index is 0.705. The Bertz CT molecular complexity index is 712. The van der Waals surface area contributed by atoms with Gasteiger partial charge in [0.15, 0.2) is 7.11 Å². The van der Waals surface area contributed by atoms with Gasteiger partial charge in [0.25, 0.3) is 5.52 Å². The Morgan fingerprint density at radius 3 is 2.76 bits per heavy atom. The molecular formula is C13H10ClN2O+. The van der Waals surface area contributed by atoms with E-state index in [2.05, 4.69) is 5.10 Å². The monoisotopic (exact) mass is 245 g/mol. The summed E-state index contributed by atoms with van der Waals surface area (Å²) in [5, 5.41) is 7.21. The number of aromatic nitrogens is 2. The van der Waals surface area contributed by atoms with Crippen LogP contribution in [0.4, 0.5) is 0 Å². The topological polar surface area (TPSA) is 26.0 Å². The van der Waals surface area contributed by atoms with Gasteiger partial charge in [0, 0.05) is 16.5 Å². The van der Waals surface area contributed by atoms with Gasteiger partial charge in [-0.15, -0.1) is 0 Å². The molecule has 17 heavy (non-hydrogen) atoms. The van der Waals surface area contributed by atoms with Gasteiger partial charge < -0.3 is 0 Å². The van der Waals surface area contributed by atoms with Crippen LogP contribution in [0.25, 0.3) is 21.8 Å². The molecule has 0 saturated carbocycles. The summed E-state index contributed by atoms with van der Waals surface area (Å²) in [5.74, 6) is 0. The fraction of sp³-hybridized carbons (Fsp3) is 0.0769. The maximum atomic E-state index is 6.04. The van der Waals surface area contributed by atoms with Crippen LogP contribution >= 0.6 is 11.6 Å². The standard InChI is InChI=1S/C13H10ClN2O/c1-17-16-13-7-6-9(14)8-11(13)10-4-2-3-5-12(10)15-16/h2-8H,1H3/q+1. The molecule has 0 radical (unpaired) electrons. The SMILES string of the molecule is CO[n+]1nc2ccccc2c2cc(Cl)ccc21. The quantitative estimate of drug-likeness (QED) is 0.486. The van der Waals surface area contributed by atoms with Crippen molar-refractivity contribution in [1.29, 1.82) is 0 Å². The molecule has 0 amide bonds. The molecule has 3 rings (SSSR count). The highest BCUT2D eigenvalue weighted by Gasteiger charge is 2.16. The van der Waals surface area contributed by atoms with Gasteiger partial charge >= 0.3 is 0 Å². The molecule has 0 atom stereocenters. The Balaban J connectivity index is 2.56. The van der Waals surface area contributed by atoms with Gasteiger partial charge in [-0.25, -0.2) is 4.84 Å². The van der Waals surface area contributed by atoms with Gasteiger partial charge in [-0.05, 0) is 18.2 Å². The summed E-state index contributed by atoms with van der Waals surface area (Å²) in [7, 11) is 1.59. The molecule has 0 aliphatic carbocycles. The second kappa shape index (κ2) is 3.86. The molecule has 0 spiro atoms. The summed E-state index contributed by atoms with van der Waals surface area (Å²) < 4.78 is 0. The van der Waals surface area contributed by atoms with Crippen molar-refractivity contribution in [1.82, 2.24) is 5.10 Å². The van der Waals surface area contributed by atoms with Gasteiger partial charge in [-0.2, -0.15) is 0 Å². The molecule has 0 bridgehead atoms. The summed E-state index contributed by atoms with van der Waals surface area (Å²) >= 11 is 6.04. The van der Waals surface area contributed by atoms with Crippen LogP contribution < -0.4 is 9.68 Å². The third-order valence-corrected chi connectivity index (χ3v) is 2.97. The fourth-order valence-electron chi connectivity index (χ4n) is 1.97. The number of halogens is 1. The molecule has 1 heterocycles. The van der Waals surface area contributed by atoms with E-state index in [-0.39, 0.29) is 0 Å². The van der Waals surface area contributed by atoms with Crippen LogP contribution in [0.2, 0.25) is 5.02 Å². The summed E-state index contributed by atoms with van der Waals surface area (Å²) in [6, 6.07) is 13.6. The molecule has 0 fully saturated rings. The van der Waals surface area contributed by atoms with Gasteiger partial charge in [0.1, 0.15) is 10.4 Å². The van der Waals surface area contributed by atoms with Crippen LogP contribution in [0.1, 0.15) is 0 Å². The first-order chi connectivity index (χ1) is 8.29. The first-order valence-corrected chi connectivity index (χ1v) is 5.62. The van der Waals surface area contributed by atoms with Crippen molar-refractivity contribution < 1.29 is 9.68 Å². The maximum absolute atomic E-state index is 6.04. The van der Waals surface area contributed by atoms with E-state index in [4.69, 9.17) is 16.4 Å². The lowest BCUT2D eigenvalue weighted by Gasteiger charge is -2.00. The number of hydrogen-bond acceptors (Lipinski definition) is 2. The Hall–Kier alpha value is -1.87. The molecule has 1 aromatic heterocycles. The average molecular weight is 246 g/mol. The molecule has 84 valence electrons. The average Bonchev–Trinajstić information content (AvgIpc) is 2.37. The Morgan fingerprint density at radius 2 is 1.94 bits per heavy atom. The highest BCUT2D eigenvalue weighted by Crippen LogP contribution is 2.23. The van der Waals surface area contributed by atoms with E-state index < -0.39 is 0 Å². The van der Waals surface area contributed by atoms with Crippen molar-refractivity contribution in [3.8, 4) is 0 Å². The van der Waals surface area contributed by atoms with E-state index in [9.17, 15) is 0 Å². The molecule has 0 aliphatic heterocycles. The van der Waals surface area contributed by atoms with E-state index in [0.717, 1.165) is 21.8 Å². The van der Waals surface area contributed by atoms with E-state index in [1.165, 1.54) is 4.85 Å². The predicted molar refractivity (Wildman–Crippen MR) is 67.0 cm³/mol. The predicted octanol–water partition coefficient (Wildman–Crippen LogP) is 2.39. The van der Waals surface area contributed by atoms with Crippen LogP contribution in [-0.4, -0.2) is 12.2 Å². The zero-order valence-corrected chi connectivity index (χ0v) is 9.98. The summed E-state index contributed by atoms with van der Waals surface area (Å²) in [6.07, 6.45) is 0. The molecule has 0 unspecified atom stereocenters. The molecule has 0 saturated heterocycles. The normalized spacial score (nSPS) is 10.9. The molecule has 0 aliphatic rings. The van der Waals surface area contributed by atoms with E-state index in [0.29, 0.717) is 5.02 Å². The van der Waals surface area contributed by atoms with Gasteiger partial charge in [-0.3, -0.25) is 0 Å². The van der Waals surface area contributed by atoms with E-state index in [1.807, 2.05) is 42.5 Å². The Labute approximate surface area is 103 Å². The van der Waals surface area contributed by atoms with Gasteiger partial charge in [-0.1, -0.05) is 29.8 Å². The van der Waals surface area contributed by atoms with Crippen molar-refractivity contribution in [3.05, 3.63) is 47.5 Å². The fourth-order valence-corrected chi connectivity index (χ4v) is 2.14. The number of fused-ring (bicyclic) bond motifs is 3. The Morgan fingerprint density at radius 1 is 1.12 bits per heavy atom. The molecule has 3 aromatic rings. The van der Waals surface area contributed by atoms with E-state index in [1.54, 1.807) is 7.11 Å². The molecule has 2 aromatic carbocycles. The number of nitrogens with zero attached hydrogens (tertiary/aromatic N) is 2. The smallest absolute Gasteiger partial charge is 0.248 e. The van der Waals surface area contributed by atoms with Crippen molar-refractivity contribution in [2.45, 2.75) is 0 Å². The summed E-state index contributed by atoms with van der Waals surface area (Å²) in [5.41, 5.74) is 1.78. The molecule has 0 N–H and O–H groups in total. The Kier molecular flexibility index (Phi) is 2.34. The lowest BCUT2D eigenvalue weighted by molar-refractivity contribution is -0.908. The zero-order chi connectivity index (χ0) is 11.8. The molecule has 4 heteroatoms. The van der Waals surface area contributed by atoms with Gasteiger partial charge in [0.2, 0.25) is 0 Å². The third kappa shape index (κ3) is 1.59. The summed E-state index contributed by atoms with van der Waals surface area (Å²) in [6.45, 7) is 0. The highest BCUT2D eigenvalue weighted by molar-refractivity contribution is 6.31. The second-order valence-electron chi connectivity index (χ2n) is 3.73. The van der Waals surface area contributed by atoms with Crippen molar-refractivity contribution in [2.24, 2.45) is 0 Å². The minimum Gasteiger partial charge on any atom is -0.248 e. The minimum atomic E-state index is 0.705. The van der Waals surface area contributed by atoms with Crippen LogP contribution in [0.3, 0.4) is 0 Å². The van der Waals surface area contributed by atoms with Crippen LogP contribution in [-0.2, 0) is 0 Å². The van der Waals surface area contributed by atoms with Crippen molar-refractivity contribution in [2.75, 3.05) is 7.11 Å². The number of benzene rings is 2. The first-order valence-electron chi connectivity index (χ1n) is 5.24. The lowest BCUT2D eigenvalue weighted by Crippen LogP contribution is -2.45. The first kappa shape index (κ1) is 10.3. The summed E-state index contributed by atoms with van der Waals surface area (Å²) in [4.78, 5) is 6.75. The van der Waals surface area contributed by atoms with Crippen LogP contribution in [0.15, 0.2) is 42.5 Å². The highest BCUT2D eigenvalue weighted by atomic mass is 35.5.